The Hall–Kier alpha value is -0.120. The normalized spacial score (nSPS) is 30.3. The number of rotatable bonds is 8. The first-order chi connectivity index (χ1) is 8.81. The second kappa shape index (κ2) is 7.46. The van der Waals surface area contributed by atoms with Crippen LogP contribution in [-0.2, 0) is 9.47 Å². The minimum absolute atomic E-state index is 0.233. The molecular formula is C15H29NO2. The smallest absolute Gasteiger partial charge is 0.0936 e. The van der Waals surface area contributed by atoms with Gasteiger partial charge in [0.1, 0.15) is 0 Å². The lowest BCUT2D eigenvalue weighted by atomic mass is 9.85. The summed E-state index contributed by atoms with van der Waals surface area (Å²) in [6.07, 6.45) is 9.88. The van der Waals surface area contributed by atoms with Crippen molar-refractivity contribution in [3.63, 3.8) is 0 Å². The van der Waals surface area contributed by atoms with Crippen LogP contribution in [0.15, 0.2) is 0 Å². The van der Waals surface area contributed by atoms with Crippen molar-refractivity contribution in [2.45, 2.75) is 70.1 Å². The topological polar surface area (TPSA) is 30.5 Å². The van der Waals surface area contributed by atoms with Crippen molar-refractivity contribution < 1.29 is 9.47 Å². The first kappa shape index (κ1) is 14.3. The van der Waals surface area contributed by atoms with Gasteiger partial charge in [0, 0.05) is 19.7 Å². The molecule has 0 radical (unpaired) electrons. The van der Waals surface area contributed by atoms with Gasteiger partial charge in [0.05, 0.1) is 18.8 Å². The standard InChI is InChI=1S/C15H29NO2/c1-3-12-5-4-6-14(9-12)18-15(11-17-2)10-16-13-7-8-13/h12-16H,3-11H2,1-2H3. The first-order valence-electron chi connectivity index (χ1n) is 7.69. The summed E-state index contributed by atoms with van der Waals surface area (Å²) in [6.45, 7) is 3.97. The van der Waals surface area contributed by atoms with Crippen molar-refractivity contribution in [2.75, 3.05) is 20.3 Å². The number of methoxy groups -OCH3 is 1. The quantitative estimate of drug-likeness (QED) is 0.723. The number of hydrogen-bond donors (Lipinski definition) is 1. The molecule has 0 saturated heterocycles. The summed E-state index contributed by atoms with van der Waals surface area (Å²) in [5, 5.41) is 3.55. The SMILES string of the molecule is CCC1CCCC(OC(CNC2CC2)COC)C1. The van der Waals surface area contributed by atoms with Gasteiger partial charge in [0.25, 0.3) is 0 Å². The molecule has 0 bridgehead atoms. The van der Waals surface area contributed by atoms with E-state index < -0.39 is 0 Å². The zero-order valence-electron chi connectivity index (χ0n) is 12.0. The minimum atomic E-state index is 0.233. The third-order valence-electron chi connectivity index (χ3n) is 4.26. The van der Waals surface area contributed by atoms with E-state index in [9.17, 15) is 0 Å². The largest absolute Gasteiger partial charge is 0.382 e. The van der Waals surface area contributed by atoms with Crippen LogP contribution in [0, 0.1) is 5.92 Å². The van der Waals surface area contributed by atoms with Crippen LogP contribution < -0.4 is 5.32 Å². The van der Waals surface area contributed by atoms with Crippen LogP contribution in [0.4, 0.5) is 0 Å². The van der Waals surface area contributed by atoms with Crippen LogP contribution in [0.3, 0.4) is 0 Å². The average molecular weight is 255 g/mol. The Bertz CT molecular complexity index is 231. The molecule has 3 atom stereocenters. The van der Waals surface area contributed by atoms with E-state index in [0.717, 1.165) is 18.5 Å². The summed E-state index contributed by atoms with van der Waals surface area (Å²) in [5.41, 5.74) is 0. The maximum absolute atomic E-state index is 6.25. The molecule has 18 heavy (non-hydrogen) atoms. The van der Waals surface area contributed by atoms with E-state index in [1.54, 1.807) is 7.11 Å². The Morgan fingerprint density at radius 2 is 2.06 bits per heavy atom. The molecule has 0 spiro atoms. The zero-order chi connectivity index (χ0) is 12.8. The summed E-state index contributed by atoms with van der Waals surface area (Å²) >= 11 is 0. The lowest BCUT2D eigenvalue weighted by Gasteiger charge is -2.31. The van der Waals surface area contributed by atoms with Crippen LogP contribution in [-0.4, -0.2) is 38.5 Å². The zero-order valence-corrected chi connectivity index (χ0v) is 12.0. The third-order valence-corrected chi connectivity index (χ3v) is 4.26. The molecule has 106 valence electrons. The summed E-state index contributed by atoms with van der Waals surface area (Å²) in [7, 11) is 1.77. The van der Waals surface area contributed by atoms with Crippen LogP contribution >= 0.6 is 0 Å². The number of nitrogens with one attached hydrogen (secondary N) is 1. The van der Waals surface area contributed by atoms with Gasteiger partial charge >= 0.3 is 0 Å². The highest BCUT2D eigenvalue weighted by Crippen LogP contribution is 2.29. The van der Waals surface area contributed by atoms with Crippen molar-refractivity contribution >= 4 is 0 Å². The molecule has 2 aliphatic rings. The van der Waals surface area contributed by atoms with Crippen molar-refractivity contribution in [3.05, 3.63) is 0 Å². The Kier molecular flexibility index (Phi) is 5.93. The fourth-order valence-electron chi connectivity index (χ4n) is 2.93. The van der Waals surface area contributed by atoms with Gasteiger partial charge in [0.15, 0.2) is 0 Å². The highest BCUT2D eigenvalue weighted by molar-refractivity contribution is 4.82. The highest BCUT2D eigenvalue weighted by Gasteiger charge is 2.26. The lowest BCUT2D eigenvalue weighted by molar-refractivity contribution is -0.0673. The summed E-state index contributed by atoms with van der Waals surface area (Å²) in [5.74, 6) is 0.878. The van der Waals surface area contributed by atoms with Crippen LogP contribution in [0.2, 0.25) is 0 Å². The van der Waals surface area contributed by atoms with Crippen LogP contribution in [0.25, 0.3) is 0 Å². The molecule has 0 aromatic heterocycles. The molecule has 0 aliphatic heterocycles. The van der Waals surface area contributed by atoms with Crippen LogP contribution in [0.5, 0.6) is 0 Å². The van der Waals surface area contributed by atoms with E-state index in [0.29, 0.717) is 12.7 Å². The second-order valence-electron chi connectivity index (χ2n) is 5.96. The van der Waals surface area contributed by atoms with Crippen LogP contribution in [0.1, 0.15) is 51.9 Å². The van der Waals surface area contributed by atoms with E-state index in [4.69, 9.17) is 9.47 Å². The average Bonchev–Trinajstić information content (AvgIpc) is 3.20. The van der Waals surface area contributed by atoms with E-state index >= 15 is 0 Å². The minimum Gasteiger partial charge on any atom is -0.382 e. The molecule has 0 heterocycles. The molecule has 0 amide bonds. The Balaban J connectivity index is 1.71. The predicted octanol–water partition coefficient (Wildman–Crippen LogP) is 2.74. The Morgan fingerprint density at radius 3 is 2.72 bits per heavy atom. The molecular weight excluding hydrogens is 226 g/mol. The summed E-state index contributed by atoms with van der Waals surface area (Å²) < 4.78 is 11.5. The van der Waals surface area contributed by atoms with Gasteiger partial charge in [-0.1, -0.05) is 26.2 Å². The number of ether oxygens (including phenoxy) is 2. The number of hydrogen-bond acceptors (Lipinski definition) is 3. The summed E-state index contributed by atoms with van der Waals surface area (Å²) in [4.78, 5) is 0. The van der Waals surface area contributed by atoms with Gasteiger partial charge in [-0.2, -0.15) is 0 Å². The fraction of sp³-hybridized carbons (Fsp3) is 1.00. The molecule has 3 nitrogen and oxygen atoms in total. The monoisotopic (exact) mass is 255 g/mol. The van der Waals surface area contributed by atoms with Gasteiger partial charge in [-0.15, -0.1) is 0 Å². The van der Waals surface area contributed by atoms with Crippen molar-refractivity contribution in [2.24, 2.45) is 5.92 Å². The van der Waals surface area contributed by atoms with Gasteiger partial charge in [-0.3, -0.25) is 0 Å². The Morgan fingerprint density at radius 1 is 1.22 bits per heavy atom. The first-order valence-corrected chi connectivity index (χ1v) is 7.69. The Labute approximate surface area is 112 Å². The highest BCUT2D eigenvalue weighted by atomic mass is 16.5. The summed E-state index contributed by atoms with van der Waals surface area (Å²) in [6, 6.07) is 0.753. The lowest BCUT2D eigenvalue weighted by Crippen LogP contribution is -2.38. The second-order valence-corrected chi connectivity index (χ2v) is 5.96. The molecule has 0 aromatic rings. The van der Waals surface area contributed by atoms with E-state index in [1.165, 1.54) is 44.9 Å². The molecule has 2 aliphatic carbocycles. The molecule has 2 saturated carbocycles. The molecule has 0 aromatic carbocycles. The van der Waals surface area contributed by atoms with E-state index in [1.807, 2.05) is 0 Å². The van der Waals surface area contributed by atoms with Crippen molar-refractivity contribution in [1.82, 2.24) is 5.32 Å². The molecule has 3 unspecified atom stereocenters. The van der Waals surface area contributed by atoms with Gasteiger partial charge < -0.3 is 14.8 Å². The molecule has 2 fully saturated rings. The predicted molar refractivity (Wildman–Crippen MR) is 73.8 cm³/mol. The van der Waals surface area contributed by atoms with Gasteiger partial charge in [0.2, 0.25) is 0 Å². The maximum atomic E-state index is 6.25. The molecule has 2 rings (SSSR count). The van der Waals surface area contributed by atoms with Crippen molar-refractivity contribution in [1.29, 1.82) is 0 Å². The van der Waals surface area contributed by atoms with Gasteiger partial charge in [-0.05, 0) is 31.6 Å². The van der Waals surface area contributed by atoms with Crippen molar-refractivity contribution in [3.8, 4) is 0 Å². The fourth-order valence-corrected chi connectivity index (χ4v) is 2.93. The molecule has 1 N–H and O–H groups in total. The van der Waals surface area contributed by atoms with E-state index in [-0.39, 0.29) is 6.10 Å². The maximum Gasteiger partial charge on any atom is 0.0936 e. The third kappa shape index (κ3) is 4.87. The van der Waals surface area contributed by atoms with Gasteiger partial charge in [-0.25, -0.2) is 0 Å². The molecule has 3 heteroatoms. The van der Waals surface area contributed by atoms with E-state index in [2.05, 4.69) is 12.2 Å².